The van der Waals surface area contributed by atoms with Gasteiger partial charge in [0.1, 0.15) is 28.7 Å². The third-order valence-corrected chi connectivity index (χ3v) is 9.15. The first-order chi connectivity index (χ1) is 21.7. The Morgan fingerprint density at radius 1 is 0.326 bits per heavy atom. The lowest BCUT2D eigenvalue weighted by atomic mass is 9.90. The Morgan fingerprint density at radius 3 is 1.09 bits per heavy atom. The number of rotatable bonds is 8. The lowest BCUT2D eigenvalue weighted by Gasteiger charge is -2.17. The number of phenols is 5. The van der Waals surface area contributed by atoms with Crippen LogP contribution in [0.4, 0.5) is 0 Å². The van der Waals surface area contributed by atoms with Crippen LogP contribution in [-0.4, -0.2) is 25.5 Å². The van der Waals surface area contributed by atoms with Crippen LogP contribution in [-0.2, 0) is 25.7 Å². The summed E-state index contributed by atoms with van der Waals surface area (Å²) in [7, 11) is 0. The topological polar surface area (TPSA) is 101 Å². The maximum Gasteiger partial charge on any atom is 0.122 e. The van der Waals surface area contributed by atoms with E-state index in [-0.39, 0.29) is 28.7 Å². The zero-order chi connectivity index (χ0) is 33.4. The molecule has 46 heavy (non-hydrogen) atoms. The normalized spacial score (nSPS) is 11.3. The van der Waals surface area contributed by atoms with Gasteiger partial charge >= 0.3 is 0 Å². The first-order valence-electron chi connectivity index (χ1n) is 15.7. The molecule has 5 heteroatoms. The quantitative estimate of drug-likeness (QED) is 0.120. The molecule has 0 aliphatic heterocycles. The van der Waals surface area contributed by atoms with Crippen LogP contribution in [0, 0.1) is 48.5 Å². The Hall–Kier alpha value is -4.90. The first kappa shape index (κ1) is 32.5. The van der Waals surface area contributed by atoms with E-state index in [4.69, 9.17) is 0 Å². The van der Waals surface area contributed by atoms with E-state index < -0.39 is 0 Å². The van der Waals surface area contributed by atoms with Crippen molar-refractivity contribution in [2.75, 3.05) is 0 Å². The highest BCUT2D eigenvalue weighted by Gasteiger charge is 2.17. The number of hydrogen-bond donors (Lipinski definition) is 5. The van der Waals surface area contributed by atoms with E-state index in [9.17, 15) is 25.5 Å². The van der Waals surface area contributed by atoms with Gasteiger partial charge in [-0.2, -0.15) is 0 Å². The van der Waals surface area contributed by atoms with Gasteiger partial charge in [-0.3, -0.25) is 0 Å². The summed E-state index contributed by atoms with van der Waals surface area (Å²) in [6.07, 6.45) is 2.07. The SMILES string of the molecule is Cc1cc(Cc2cc(C)c(O)c(Cc3cc(C)c(O)cc3C)c2)c(O)c(Cc2cc(C)c(O)c(Cc3cc(C)c(O)cc3C)c2)c1. The Labute approximate surface area is 272 Å². The fourth-order valence-corrected chi connectivity index (χ4v) is 6.50. The predicted octanol–water partition coefficient (Wildman–Crippen LogP) is 8.74. The first-order valence-corrected chi connectivity index (χ1v) is 15.7. The zero-order valence-electron chi connectivity index (χ0n) is 27.8. The third-order valence-electron chi connectivity index (χ3n) is 9.15. The smallest absolute Gasteiger partial charge is 0.122 e. The number of hydrogen-bond acceptors (Lipinski definition) is 5. The molecule has 0 saturated heterocycles. The van der Waals surface area contributed by atoms with E-state index in [0.29, 0.717) is 25.7 Å². The Kier molecular flexibility index (Phi) is 9.07. The van der Waals surface area contributed by atoms with E-state index in [2.05, 4.69) is 0 Å². The summed E-state index contributed by atoms with van der Waals surface area (Å²) >= 11 is 0. The summed E-state index contributed by atoms with van der Waals surface area (Å²) in [5, 5.41) is 53.6. The second-order valence-electron chi connectivity index (χ2n) is 13.1. The molecule has 0 amide bonds. The molecule has 0 fully saturated rings. The van der Waals surface area contributed by atoms with Crippen molar-refractivity contribution >= 4 is 0 Å². The Morgan fingerprint density at radius 2 is 0.696 bits per heavy atom. The van der Waals surface area contributed by atoms with Gasteiger partial charge in [-0.15, -0.1) is 0 Å². The molecule has 0 spiro atoms. The summed E-state index contributed by atoms with van der Waals surface area (Å²) in [6, 6.07) is 19.4. The van der Waals surface area contributed by atoms with Crippen LogP contribution in [0.25, 0.3) is 0 Å². The highest BCUT2D eigenvalue weighted by atomic mass is 16.3. The van der Waals surface area contributed by atoms with Gasteiger partial charge in [0.15, 0.2) is 0 Å². The van der Waals surface area contributed by atoms with Crippen LogP contribution < -0.4 is 0 Å². The van der Waals surface area contributed by atoms with Crippen molar-refractivity contribution in [3.05, 3.63) is 144 Å². The van der Waals surface area contributed by atoms with Crippen molar-refractivity contribution in [3.8, 4) is 28.7 Å². The molecule has 5 aromatic carbocycles. The molecular formula is C41H44O5. The third kappa shape index (κ3) is 6.84. The molecule has 238 valence electrons. The lowest BCUT2D eigenvalue weighted by Crippen LogP contribution is -2.01. The van der Waals surface area contributed by atoms with Gasteiger partial charge in [-0.05, 0) is 138 Å². The predicted molar refractivity (Wildman–Crippen MR) is 185 cm³/mol. The molecule has 0 saturated carbocycles. The number of benzene rings is 5. The van der Waals surface area contributed by atoms with E-state index >= 15 is 0 Å². The molecule has 0 aromatic heterocycles. The van der Waals surface area contributed by atoms with E-state index in [1.807, 2.05) is 97.0 Å². The molecule has 5 aromatic rings. The molecule has 0 radical (unpaired) electrons. The summed E-state index contributed by atoms with van der Waals surface area (Å²) < 4.78 is 0. The molecule has 0 bridgehead atoms. The van der Waals surface area contributed by atoms with Crippen molar-refractivity contribution in [2.45, 2.75) is 74.1 Å². The minimum absolute atomic E-state index is 0.250. The van der Waals surface area contributed by atoms with Gasteiger partial charge in [-0.1, -0.05) is 54.1 Å². The molecule has 0 atom stereocenters. The molecular weight excluding hydrogens is 572 g/mol. The average Bonchev–Trinajstić information content (AvgIpc) is 2.97. The van der Waals surface area contributed by atoms with Crippen molar-refractivity contribution in [1.29, 1.82) is 0 Å². The minimum Gasteiger partial charge on any atom is -0.508 e. The van der Waals surface area contributed by atoms with Crippen molar-refractivity contribution in [2.24, 2.45) is 0 Å². The fourth-order valence-electron chi connectivity index (χ4n) is 6.50. The van der Waals surface area contributed by atoms with Crippen LogP contribution in [0.15, 0.2) is 60.7 Å². The van der Waals surface area contributed by atoms with Gasteiger partial charge in [0.2, 0.25) is 0 Å². The van der Waals surface area contributed by atoms with Crippen molar-refractivity contribution in [3.63, 3.8) is 0 Å². The lowest BCUT2D eigenvalue weighted by molar-refractivity contribution is 0.462. The molecule has 5 nitrogen and oxygen atoms in total. The number of aryl methyl sites for hydroxylation is 7. The summed E-state index contributed by atoms with van der Waals surface area (Å²) in [6.45, 7) is 13.5. The molecule has 5 rings (SSSR count). The molecule has 0 unspecified atom stereocenters. The molecule has 5 N–H and O–H groups in total. The molecule has 0 aliphatic carbocycles. The van der Waals surface area contributed by atoms with Gasteiger partial charge in [-0.25, -0.2) is 0 Å². The highest BCUT2D eigenvalue weighted by molar-refractivity contribution is 5.54. The maximum absolute atomic E-state index is 11.5. The number of phenolic OH excluding ortho intramolecular Hbond substituents is 5. The summed E-state index contributed by atoms with van der Waals surface area (Å²) in [4.78, 5) is 0. The van der Waals surface area contributed by atoms with Gasteiger partial charge < -0.3 is 25.5 Å². The standard InChI is InChI=1S/C41H44O5/c1-22-8-33(16-29-10-27(6)39(44)35(18-29)20-31-12-25(4)37(42)14-23(31)2)41(46)34(9-22)17-30-11-28(7)40(45)36(19-30)21-32-13-26(5)38(43)15-24(32)3/h8-15,18-19,42-46H,16-17,20-21H2,1-7H3. The summed E-state index contributed by atoms with van der Waals surface area (Å²) in [5.41, 5.74) is 13.4. The largest absolute Gasteiger partial charge is 0.508 e. The highest BCUT2D eigenvalue weighted by Crippen LogP contribution is 2.35. The minimum atomic E-state index is 0.250. The van der Waals surface area contributed by atoms with E-state index in [1.165, 1.54) is 0 Å². The van der Waals surface area contributed by atoms with Crippen molar-refractivity contribution < 1.29 is 25.5 Å². The second-order valence-corrected chi connectivity index (χ2v) is 13.1. The van der Waals surface area contributed by atoms with Crippen LogP contribution in [0.5, 0.6) is 28.7 Å². The summed E-state index contributed by atoms with van der Waals surface area (Å²) in [5.74, 6) is 1.31. The molecule has 0 aliphatic rings. The Balaban J connectivity index is 1.44. The Bertz CT molecular complexity index is 1830. The van der Waals surface area contributed by atoms with Crippen LogP contribution in [0.2, 0.25) is 0 Å². The van der Waals surface area contributed by atoms with Crippen LogP contribution in [0.3, 0.4) is 0 Å². The average molecular weight is 617 g/mol. The molecule has 0 heterocycles. The monoisotopic (exact) mass is 616 g/mol. The van der Waals surface area contributed by atoms with Crippen LogP contribution in [0.1, 0.15) is 83.5 Å². The second kappa shape index (κ2) is 12.8. The fraction of sp³-hybridized carbons (Fsp3) is 0.268. The van der Waals surface area contributed by atoms with Crippen LogP contribution >= 0.6 is 0 Å². The van der Waals surface area contributed by atoms with Gasteiger partial charge in [0.05, 0.1) is 0 Å². The van der Waals surface area contributed by atoms with Crippen molar-refractivity contribution in [1.82, 2.24) is 0 Å². The van der Waals surface area contributed by atoms with Gasteiger partial charge in [0.25, 0.3) is 0 Å². The van der Waals surface area contributed by atoms with Gasteiger partial charge in [0, 0.05) is 25.7 Å². The zero-order valence-corrected chi connectivity index (χ0v) is 27.8. The van der Waals surface area contributed by atoms with E-state index in [0.717, 1.165) is 83.5 Å². The number of aromatic hydroxyl groups is 5. The maximum atomic E-state index is 11.5. The van der Waals surface area contributed by atoms with E-state index in [1.54, 1.807) is 12.1 Å².